The third kappa shape index (κ3) is 3.30. The Hall–Kier alpha value is -0.920. The van der Waals surface area contributed by atoms with Crippen molar-refractivity contribution in [2.45, 2.75) is 36.6 Å². The Morgan fingerprint density at radius 1 is 1.24 bits per heavy atom. The molecule has 0 unspecified atom stereocenters. The van der Waals surface area contributed by atoms with Gasteiger partial charge < -0.3 is 5.11 Å². The minimum Gasteiger partial charge on any atom is -0.478 e. The van der Waals surface area contributed by atoms with Gasteiger partial charge in [-0.1, -0.05) is 0 Å². The zero-order chi connectivity index (χ0) is 15.2. The van der Waals surface area contributed by atoms with E-state index < -0.39 is 16.0 Å². The van der Waals surface area contributed by atoms with Gasteiger partial charge in [0.15, 0.2) is 0 Å². The topological polar surface area (TPSA) is 83.5 Å². The molecule has 7 heteroatoms. The van der Waals surface area contributed by atoms with Crippen molar-refractivity contribution >= 4 is 31.9 Å². The highest BCUT2D eigenvalue weighted by atomic mass is 79.9. The lowest BCUT2D eigenvalue weighted by atomic mass is 10.1. The van der Waals surface area contributed by atoms with Crippen LogP contribution in [0, 0.1) is 11.8 Å². The van der Waals surface area contributed by atoms with Crippen LogP contribution in [0.25, 0.3) is 0 Å². The van der Waals surface area contributed by atoms with Crippen LogP contribution in [-0.4, -0.2) is 25.5 Å². The molecule has 1 aromatic carbocycles. The second-order valence-corrected chi connectivity index (χ2v) is 8.31. The number of carboxylic acids is 1. The Balaban J connectivity index is 1.90. The molecule has 0 radical (unpaired) electrons. The van der Waals surface area contributed by atoms with Gasteiger partial charge in [-0.05, 0) is 71.6 Å². The maximum absolute atomic E-state index is 12.6. The number of nitrogens with one attached hydrogen (secondary N) is 1. The minimum absolute atomic E-state index is 0.00427. The summed E-state index contributed by atoms with van der Waals surface area (Å²) < 4.78 is 28.3. The summed E-state index contributed by atoms with van der Waals surface area (Å²) in [7, 11) is -3.72. The van der Waals surface area contributed by atoms with Crippen LogP contribution in [0.3, 0.4) is 0 Å². The molecule has 2 fully saturated rings. The first-order valence-electron chi connectivity index (χ1n) is 6.93. The van der Waals surface area contributed by atoms with Gasteiger partial charge in [0.05, 0.1) is 10.5 Å². The van der Waals surface area contributed by atoms with Gasteiger partial charge in [-0.2, -0.15) is 0 Å². The van der Waals surface area contributed by atoms with E-state index in [4.69, 9.17) is 5.11 Å². The highest BCUT2D eigenvalue weighted by molar-refractivity contribution is 9.10. The summed E-state index contributed by atoms with van der Waals surface area (Å²) in [6, 6.07) is 4.03. The normalized spacial score (nSPS) is 19.0. The fourth-order valence-electron chi connectivity index (χ4n) is 2.57. The summed E-state index contributed by atoms with van der Waals surface area (Å²) in [6.07, 6.45) is 4.28. The third-order valence-corrected chi connectivity index (χ3v) is 6.47. The molecule has 1 aromatic rings. The summed E-state index contributed by atoms with van der Waals surface area (Å²) in [5, 5.41) is 9.01. The Kier molecular flexibility index (Phi) is 3.83. The first kappa shape index (κ1) is 15.0. The molecule has 0 aliphatic heterocycles. The van der Waals surface area contributed by atoms with E-state index >= 15 is 0 Å². The van der Waals surface area contributed by atoms with E-state index in [0.29, 0.717) is 16.3 Å². The lowest BCUT2D eigenvalue weighted by Gasteiger charge is -2.18. The molecule has 0 bridgehead atoms. The van der Waals surface area contributed by atoms with Gasteiger partial charge in [0.2, 0.25) is 10.0 Å². The SMILES string of the molecule is O=C(O)c1ccc(Br)c(S(=O)(=O)NC(C2CC2)C2CC2)c1. The lowest BCUT2D eigenvalue weighted by Crippen LogP contribution is -2.38. The molecule has 0 spiro atoms. The minimum atomic E-state index is -3.72. The molecule has 2 aliphatic rings. The van der Waals surface area contributed by atoms with E-state index in [1.165, 1.54) is 18.2 Å². The molecule has 0 amide bonds. The summed E-state index contributed by atoms with van der Waals surface area (Å²) >= 11 is 3.20. The monoisotopic (exact) mass is 373 g/mol. The fraction of sp³-hybridized carbons (Fsp3) is 0.500. The van der Waals surface area contributed by atoms with E-state index in [1.807, 2.05) is 0 Å². The number of carbonyl (C=O) groups is 1. The second kappa shape index (κ2) is 5.37. The number of benzene rings is 1. The standard InChI is InChI=1S/C14H16BrNO4S/c15-11-6-5-10(14(17)18)7-12(11)21(19,20)16-13(8-1-2-8)9-3-4-9/h5-9,13,16H,1-4H2,(H,17,18). The van der Waals surface area contributed by atoms with Crippen LogP contribution in [0.4, 0.5) is 0 Å². The molecule has 5 nitrogen and oxygen atoms in total. The van der Waals surface area contributed by atoms with Gasteiger partial charge in [-0.3, -0.25) is 0 Å². The molecule has 0 atom stereocenters. The van der Waals surface area contributed by atoms with Gasteiger partial charge >= 0.3 is 5.97 Å². The van der Waals surface area contributed by atoms with E-state index in [9.17, 15) is 13.2 Å². The molecule has 2 saturated carbocycles. The van der Waals surface area contributed by atoms with E-state index in [-0.39, 0.29) is 16.5 Å². The second-order valence-electron chi connectivity index (χ2n) is 5.77. The number of sulfonamides is 1. The first-order valence-corrected chi connectivity index (χ1v) is 9.21. The summed E-state index contributed by atoms with van der Waals surface area (Å²) in [6.45, 7) is 0. The van der Waals surface area contributed by atoms with Crippen LogP contribution < -0.4 is 4.72 Å². The number of halogens is 1. The average Bonchev–Trinajstić information content (AvgIpc) is 3.28. The van der Waals surface area contributed by atoms with Crippen molar-refractivity contribution in [2.75, 3.05) is 0 Å². The highest BCUT2D eigenvalue weighted by Gasteiger charge is 2.43. The summed E-state index contributed by atoms with van der Waals surface area (Å²) in [5.41, 5.74) is -0.0343. The van der Waals surface area contributed by atoms with Crippen LogP contribution in [0.5, 0.6) is 0 Å². The predicted octanol–water partition coefficient (Wildman–Crippen LogP) is 2.61. The molecule has 21 heavy (non-hydrogen) atoms. The maximum atomic E-state index is 12.6. The maximum Gasteiger partial charge on any atom is 0.335 e. The zero-order valence-electron chi connectivity index (χ0n) is 11.3. The predicted molar refractivity (Wildman–Crippen MR) is 80.7 cm³/mol. The molecule has 0 saturated heterocycles. The fourth-order valence-corrected chi connectivity index (χ4v) is 4.94. The Morgan fingerprint density at radius 2 is 1.81 bits per heavy atom. The zero-order valence-corrected chi connectivity index (χ0v) is 13.7. The Labute approximate surface area is 131 Å². The van der Waals surface area contributed by atoms with Crippen molar-refractivity contribution in [1.29, 1.82) is 0 Å². The van der Waals surface area contributed by atoms with Crippen molar-refractivity contribution in [1.82, 2.24) is 4.72 Å². The number of hydrogen-bond acceptors (Lipinski definition) is 3. The van der Waals surface area contributed by atoms with Crippen molar-refractivity contribution in [3.8, 4) is 0 Å². The molecular formula is C14H16BrNO4S. The van der Waals surface area contributed by atoms with Crippen LogP contribution >= 0.6 is 15.9 Å². The van der Waals surface area contributed by atoms with Gasteiger partial charge in [0.1, 0.15) is 0 Å². The van der Waals surface area contributed by atoms with Crippen LogP contribution in [0.15, 0.2) is 27.6 Å². The van der Waals surface area contributed by atoms with Crippen LogP contribution in [-0.2, 0) is 10.0 Å². The lowest BCUT2D eigenvalue weighted by molar-refractivity contribution is 0.0696. The van der Waals surface area contributed by atoms with Gasteiger partial charge in [-0.15, -0.1) is 0 Å². The van der Waals surface area contributed by atoms with Crippen molar-refractivity contribution in [2.24, 2.45) is 11.8 Å². The molecule has 2 N–H and O–H groups in total. The van der Waals surface area contributed by atoms with E-state index in [0.717, 1.165) is 25.7 Å². The highest BCUT2D eigenvalue weighted by Crippen LogP contribution is 2.45. The number of hydrogen-bond donors (Lipinski definition) is 2. The smallest absolute Gasteiger partial charge is 0.335 e. The van der Waals surface area contributed by atoms with Crippen LogP contribution in [0.1, 0.15) is 36.0 Å². The third-order valence-electron chi connectivity index (χ3n) is 4.02. The molecule has 2 aliphatic carbocycles. The molecule has 0 heterocycles. The summed E-state index contributed by atoms with van der Waals surface area (Å²) in [5.74, 6) is -0.262. The van der Waals surface area contributed by atoms with Crippen molar-refractivity contribution in [3.05, 3.63) is 28.2 Å². The van der Waals surface area contributed by atoms with Gasteiger partial charge in [-0.25, -0.2) is 17.9 Å². The average molecular weight is 374 g/mol. The van der Waals surface area contributed by atoms with Gasteiger partial charge in [0, 0.05) is 10.5 Å². The molecule has 114 valence electrons. The van der Waals surface area contributed by atoms with Crippen molar-refractivity contribution in [3.63, 3.8) is 0 Å². The Morgan fingerprint density at radius 3 is 2.29 bits per heavy atom. The Bertz CT molecular complexity index is 668. The number of rotatable bonds is 6. The number of aromatic carboxylic acids is 1. The largest absolute Gasteiger partial charge is 0.478 e. The van der Waals surface area contributed by atoms with Crippen molar-refractivity contribution < 1.29 is 18.3 Å². The number of carboxylic acid groups (broad SMARTS) is 1. The quantitative estimate of drug-likeness (QED) is 0.802. The van der Waals surface area contributed by atoms with E-state index in [2.05, 4.69) is 20.7 Å². The van der Waals surface area contributed by atoms with Crippen LogP contribution in [0.2, 0.25) is 0 Å². The molecule has 0 aromatic heterocycles. The first-order chi connectivity index (χ1) is 9.88. The molecule has 3 rings (SSSR count). The summed E-state index contributed by atoms with van der Waals surface area (Å²) in [4.78, 5) is 11.0. The van der Waals surface area contributed by atoms with Gasteiger partial charge in [0.25, 0.3) is 0 Å². The molecular weight excluding hydrogens is 358 g/mol. The van der Waals surface area contributed by atoms with E-state index in [1.54, 1.807) is 0 Å².